The molecule has 2 atom stereocenters. The van der Waals surface area contributed by atoms with Crippen molar-refractivity contribution in [3.05, 3.63) is 171 Å². The topological polar surface area (TPSA) is 0 Å². The number of unbranched alkanes of at least 4 members (excludes halogenated alkanes) is 2. The van der Waals surface area contributed by atoms with E-state index in [0.29, 0.717) is 0 Å². The van der Waals surface area contributed by atoms with Gasteiger partial charge in [0.1, 0.15) is 0 Å². The number of hydrogen-bond acceptors (Lipinski definition) is 0. The van der Waals surface area contributed by atoms with Gasteiger partial charge in [0.25, 0.3) is 0 Å². The van der Waals surface area contributed by atoms with Crippen LogP contribution >= 0.6 is 17.2 Å². The summed E-state index contributed by atoms with van der Waals surface area (Å²) in [6.45, 7) is 13.6. The van der Waals surface area contributed by atoms with Gasteiger partial charge in [0.05, 0.1) is 0 Å². The van der Waals surface area contributed by atoms with Gasteiger partial charge in [-0.25, -0.2) is 0 Å². The van der Waals surface area contributed by atoms with E-state index in [1.165, 1.54) is 103 Å². The molecule has 0 saturated heterocycles. The summed E-state index contributed by atoms with van der Waals surface area (Å²) in [5.41, 5.74) is 21.5. The van der Waals surface area contributed by atoms with E-state index in [-0.39, 0.29) is 7.35 Å². The molecule has 2 unspecified atom stereocenters. The van der Waals surface area contributed by atoms with E-state index in [1.54, 1.807) is 0 Å². The van der Waals surface area contributed by atoms with Crippen molar-refractivity contribution in [1.82, 2.24) is 0 Å². The number of rotatable bonds is 11. The van der Waals surface area contributed by atoms with Crippen molar-refractivity contribution in [2.75, 3.05) is 0 Å². The molecule has 4 heteroatoms. The van der Waals surface area contributed by atoms with E-state index in [1.807, 2.05) is 0 Å². The molecule has 6 aromatic rings. The van der Waals surface area contributed by atoms with Crippen molar-refractivity contribution in [3.63, 3.8) is 0 Å². The molecule has 2 aliphatic carbocycles. The maximum absolute atomic E-state index is 9.40. The van der Waals surface area contributed by atoms with Crippen LogP contribution in [-0.2, 0) is 16.1 Å². The van der Waals surface area contributed by atoms with Crippen molar-refractivity contribution >= 4 is 52.5 Å². The number of aryl methyl sites for hydroxylation is 2. The SMILES string of the molecule is CCCCC1=Cc2c(-c3cccc(C)c3C)cccc2[CH]1[Hf]([Cl])([Cl])([c]1cccc2c1[SiH2]c1ccccc1-2)[CH]1C(CCCC)=Cc2c(-c3cccc(C)c3C)cccc21. The Balaban J connectivity index is 1.37. The van der Waals surface area contributed by atoms with Gasteiger partial charge in [-0.1, -0.05) is 0 Å². The molecule has 0 bridgehead atoms. The molecule has 1 aliphatic heterocycles. The van der Waals surface area contributed by atoms with Crippen molar-refractivity contribution < 1.29 is 16.1 Å². The molecule has 6 aromatic carbocycles. The first-order chi connectivity index (χ1) is 28.1. The summed E-state index contributed by atoms with van der Waals surface area (Å²) in [4.78, 5) is 0. The van der Waals surface area contributed by atoms with E-state index >= 15 is 0 Å². The van der Waals surface area contributed by atoms with Gasteiger partial charge in [-0.2, -0.15) is 0 Å². The molecule has 0 N–H and O–H groups in total. The van der Waals surface area contributed by atoms with Gasteiger partial charge in [-0.3, -0.25) is 0 Å². The molecule has 0 nitrogen and oxygen atoms in total. The van der Waals surface area contributed by atoms with Crippen molar-refractivity contribution in [2.45, 2.75) is 87.4 Å². The molecule has 0 saturated carbocycles. The third kappa shape index (κ3) is 6.22. The third-order valence-electron chi connectivity index (χ3n) is 14.2. The Labute approximate surface area is 357 Å². The number of halogens is 2. The predicted octanol–water partition coefficient (Wildman–Crippen LogP) is 13.6. The van der Waals surface area contributed by atoms with Gasteiger partial charge < -0.3 is 0 Å². The van der Waals surface area contributed by atoms with Crippen molar-refractivity contribution in [3.8, 4) is 33.4 Å². The van der Waals surface area contributed by atoms with Crippen LogP contribution in [0.1, 0.15) is 104 Å². The summed E-state index contributed by atoms with van der Waals surface area (Å²) < 4.78 is 1.22. The van der Waals surface area contributed by atoms with Gasteiger partial charge in [-0.15, -0.1) is 0 Å². The summed E-state index contributed by atoms with van der Waals surface area (Å²) >= 11 is -5.79. The first-order valence-corrected chi connectivity index (χ1v) is 37.9. The molecule has 293 valence electrons. The molecule has 58 heavy (non-hydrogen) atoms. The third-order valence-corrected chi connectivity index (χ3v) is 45.9. The fourth-order valence-corrected chi connectivity index (χ4v) is 50.1. The summed E-state index contributed by atoms with van der Waals surface area (Å²) in [6, 6.07) is 43.7. The second-order valence-corrected chi connectivity index (χ2v) is 48.5. The van der Waals surface area contributed by atoms with Crippen LogP contribution in [-0.4, -0.2) is 9.52 Å². The zero-order chi connectivity index (χ0) is 40.4. The van der Waals surface area contributed by atoms with Crippen LogP contribution < -0.4 is 13.7 Å². The van der Waals surface area contributed by atoms with Gasteiger partial charge in [0.15, 0.2) is 0 Å². The Morgan fingerprint density at radius 3 is 1.48 bits per heavy atom. The zero-order valence-electron chi connectivity index (χ0n) is 35.0. The molecule has 9 rings (SSSR count). The van der Waals surface area contributed by atoms with Gasteiger partial charge in [0.2, 0.25) is 0 Å². The van der Waals surface area contributed by atoms with Crippen LogP contribution in [0.15, 0.2) is 126 Å². The quantitative estimate of drug-likeness (QED) is 0.113. The van der Waals surface area contributed by atoms with E-state index in [4.69, 9.17) is 0 Å². The van der Waals surface area contributed by atoms with Crippen LogP contribution in [0.4, 0.5) is 0 Å². The van der Waals surface area contributed by atoms with Crippen LogP contribution in [0.5, 0.6) is 0 Å². The summed E-state index contributed by atoms with van der Waals surface area (Å²) in [7, 11) is 17.9. The summed E-state index contributed by atoms with van der Waals surface area (Å²) in [6.07, 6.45) is 11.6. The average molecular weight is 982 g/mol. The number of benzene rings is 6. The van der Waals surface area contributed by atoms with Crippen LogP contribution in [0, 0.1) is 27.7 Å². The maximum atomic E-state index is 9.40. The molecule has 0 spiro atoms. The molecule has 0 fully saturated rings. The van der Waals surface area contributed by atoms with E-state index < -0.39 is 25.7 Å². The number of allylic oxidation sites excluding steroid dienone is 2. The first-order valence-electron chi connectivity index (χ1n) is 21.6. The fraction of sp³-hybridized carbons (Fsp3) is 0.259. The van der Waals surface area contributed by atoms with Gasteiger partial charge >= 0.3 is 360 Å². The molecule has 0 aromatic heterocycles. The molecule has 1 heterocycles. The fourth-order valence-electron chi connectivity index (χ4n) is 11.0. The van der Waals surface area contributed by atoms with E-state index in [9.17, 15) is 17.2 Å². The standard InChI is InChI=1S/2C21H23.C12H9Si.2ClH.Hf/c2*1-4-5-9-17-13-18-10-7-12-20(21(18)14-17)19-11-6-8-15(2)16(19)3;1-3-7-11-9(5-1)10-6-2-4-8-12(10)13-11;;;/h2*6-8,10-14H,4-5,9H2,1-3H3;1-7H,13H2;2*1H;/q;;;;;+2/p-2. The van der Waals surface area contributed by atoms with Crippen LogP contribution in [0.2, 0.25) is 0 Å². The Kier molecular flexibility index (Phi) is 10.7. The minimum absolute atomic E-state index is 0.0542. The zero-order valence-corrected chi connectivity index (χ0v) is 41.5. The Morgan fingerprint density at radius 2 is 0.948 bits per heavy atom. The Morgan fingerprint density at radius 1 is 0.500 bits per heavy atom. The first kappa shape index (κ1) is 39.9. The summed E-state index contributed by atoms with van der Waals surface area (Å²) in [5, 5.41) is 3.00. The van der Waals surface area contributed by atoms with Gasteiger partial charge in [-0.05, 0) is 0 Å². The van der Waals surface area contributed by atoms with Crippen LogP contribution in [0.3, 0.4) is 0 Å². The van der Waals surface area contributed by atoms with Crippen LogP contribution in [0.25, 0.3) is 45.5 Å². The number of fused-ring (bicyclic) bond motifs is 5. The molecule has 0 radical (unpaired) electrons. The predicted molar refractivity (Wildman–Crippen MR) is 254 cm³/mol. The monoisotopic (exact) mass is 981 g/mol. The normalized spacial score (nSPS) is 17.6. The molecular formula is C54H55Cl2HfSi. The molecule has 0 amide bonds. The van der Waals surface area contributed by atoms with E-state index in [0.717, 1.165) is 38.5 Å². The summed E-state index contributed by atoms with van der Waals surface area (Å²) in [5.74, 6) is 0. The van der Waals surface area contributed by atoms with Crippen molar-refractivity contribution in [1.29, 1.82) is 0 Å². The van der Waals surface area contributed by atoms with Crippen molar-refractivity contribution in [2.24, 2.45) is 0 Å². The minimum atomic E-state index is -5.79. The van der Waals surface area contributed by atoms with Gasteiger partial charge in [0, 0.05) is 0 Å². The number of hydrogen-bond donors (Lipinski definition) is 0. The average Bonchev–Trinajstić information content (AvgIpc) is 3.93. The molecule has 3 aliphatic rings. The molecular weight excluding hydrogens is 926 g/mol. The second kappa shape index (κ2) is 15.5. The Bertz CT molecular complexity index is 2550. The van der Waals surface area contributed by atoms with E-state index in [2.05, 4.69) is 169 Å². The Hall–Kier alpha value is -3.53. The second-order valence-electron chi connectivity index (χ2n) is 17.4.